The van der Waals surface area contributed by atoms with Crippen LogP contribution in [0.3, 0.4) is 0 Å². The van der Waals surface area contributed by atoms with Gasteiger partial charge in [0.1, 0.15) is 0 Å². The van der Waals surface area contributed by atoms with Crippen molar-refractivity contribution in [3.05, 3.63) is 63.9 Å². The molecule has 0 saturated heterocycles. The van der Waals surface area contributed by atoms with E-state index in [1.165, 1.54) is 16.3 Å². The van der Waals surface area contributed by atoms with Gasteiger partial charge >= 0.3 is 0 Å². The third-order valence-electron chi connectivity index (χ3n) is 4.91. The van der Waals surface area contributed by atoms with Crippen molar-refractivity contribution in [1.82, 2.24) is 9.55 Å². The molecule has 29 heavy (non-hydrogen) atoms. The number of hydrogen-bond donors (Lipinski definition) is 1. The summed E-state index contributed by atoms with van der Waals surface area (Å²) in [4.78, 5) is 29.8. The number of carbonyl (C=O) groups excluding carboxylic acids is 1. The molecule has 1 amide bonds. The number of nitrogens with one attached hydrogen (secondary N) is 1. The Morgan fingerprint density at radius 3 is 2.28 bits per heavy atom. The van der Waals surface area contributed by atoms with E-state index in [4.69, 9.17) is 0 Å². The molecular weight excluding hydrogens is 382 g/mol. The first-order chi connectivity index (χ1) is 13.8. The molecule has 5 nitrogen and oxygen atoms in total. The molecule has 152 valence electrons. The van der Waals surface area contributed by atoms with E-state index in [2.05, 4.69) is 50.1 Å². The highest BCUT2D eigenvalue weighted by Crippen LogP contribution is 2.32. The number of para-hydroxylation sites is 2. The molecule has 0 aliphatic rings. The van der Waals surface area contributed by atoms with Crippen molar-refractivity contribution in [3.8, 4) is 0 Å². The number of amides is 1. The second-order valence-corrected chi connectivity index (χ2v) is 8.68. The van der Waals surface area contributed by atoms with Gasteiger partial charge in [0, 0.05) is 12.7 Å². The van der Waals surface area contributed by atoms with Gasteiger partial charge in [-0.25, -0.2) is 4.98 Å². The number of anilines is 1. The average Bonchev–Trinajstić information content (AvgIpc) is 2.69. The van der Waals surface area contributed by atoms with E-state index in [0.29, 0.717) is 27.9 Å². The van der Waals surface area contributed by atoms with Crippen LogP contribution in [0.25, 0.3) is 10.9 Å². The summed E-state index contributed by atoms with van der Waals surface area (Å²) < 4.78 is 1.50. The van der Waals surface area contributed by atoms with E-state index in [9.17, 15) is 9.59 Å². The van der Waals surface area contributed by atoms with Crippen LogP contribution in [0.1, 0.15) is 50.7 Å². The predicted molar refractivity (Wildman–Crippen MR) is 121 cm³/mol. The summed E-state index contributed by atoms with van der Waals surface area (Å²) in [6.45, 7) is 8.49. The van der Waals surface area contributed by atoms with Crippen molar-refractivity contribution in [3.63, 3.8) is 0 Å². The van der Waals surface area contributed by atoms with Crippen molar-refractivity contribution in [1.29, 1.82) is 0 Å². The smallest absolute Gasteiger partial charge is 0.261 e. The fourth-order valence-corrected chi connectivity index (χ4v) is 4.10. The highest BCUT2D eigenvalue weighted by atomic mass is 32.2. The molecule has 1 aromatic heterocycles. The largest absolute Gasteiger partial charge is 0.325 e. The fourth-order valence-electron chi connectivity index (χ4n) is 3.33. The zero-order chi connectivity index (χ0) is 21.1. The van der Waals surface area contributed by atoms with E-state index >= 15 is 0 Å². The quantitative estimate of drug-likeness (QED) is 0.464. The van der Waals surface area contributed by atoms with Crippen molar-refractivity contribution in [2.75, 3.05) is 11.1 Å². The minimum absolute atomic E-state index is 0.104. The number of thioether (sulfide) groups is 1. The summed E-state index contributed by atoms with van der Waals surface area (Å²) in [6, 6.07) is 13.4. The molecule has 0 atom stereocenters. The Kier molecular flexibility index (Phi) is 6.42. The summed E-state index contributed by atoms with van der Waals surface area (Å²) in [5.41, 5.74) is 3.71. The number of nitrogens with zero attached hydrogens (tertiary/aromatic N) is 2. The molecule has 6 heteroatoms. The Bertz CT molecular complexity index is 1080. The van der Waals surface area contributed by atoms with Crippen molar-refractivity contribution in [2.24, 2.45) is 7.05 Å². The van der Waals surface area contributed by atoms with Crippen LogP contribution in [0.5, 0.6) is 0 Å². The van der Waals surface area contributed by atoms with Crippen LogP contribution in [0.4, 0.5) is 5.69 Å². The minimum atomic E-state index is -0.106. The van der Waals surface area contributed by atoms with E-state index in [1.807, 2.05) is 24.3 Å². The molecule has 0 bridgehead atoms. The average molecular weight is 410 g/mol. The number of aromatic nitrogens is 2. The summed E-state index contributed by atoms with van der Waals surface area (Å²) in [5, 5.41) is 4.22. The van der Waals surface area contributed by atoms with E-state index in [1.54, 1.807) is 13.1 Å². The van der Waals surface area contributed by atoms with Crippen molar-refractivity contribution in [2.45, 2.75) is 44.7 Å². The normalized spacial score (nSPS) is 11.4. The maximum Gasteiger partial charge on any atom is 0.261 e. The van der Waals surface area contributed by atoms with Gasteiger partial charge in [-0.1, -0.05) is 69.8 Å². The molecule has 0 fully saturated rings. The lowest BCUT2D eigenvalue weighted by atomic mass is 9.92. The second kappa shape index (κ2) is 8.82. The van der Waals surface area contributed by atoms with Gasteiger partial charge in [-0.3, -0.25) is 14.2 Å². The second-order valence-electron chi connectivity index (χ2n) is 7.73. The van der Waals surface area contributed by atoms with Gasteiger partial charge in [0.25, 0.3) is 5.56 Å². The number of rotatable bonds is 6. The molecule has 0 saturated carbocycles. The van der Waals surface area contributed by atoms with Crippen LogP contribution in [-0.4, -0.2) is 21.2 Å². The monoisotopic (exact) mass is 409 g/mol. The van der Waals surface area contributed by atoms with Gasteiger partial charge in [0.05, 0.1) is 16.7 Å². The van der Waals surface area contributed by atoms with E-state index < -0.39 is 0 Å². The third kappa shape index (κ3) is 4.53. The molecule has 3 rings (SSSR count). The predicted octanol–water partition coefficient (Wildman–Crippen LogP) is 4.91. The van der Waals surface area contributed by atoms with Gasteiger partial charge in [0.15, 0.2) is 5.16 Å². The van der Waals surface area contributed by atoms with Crippen LogP contribution < -0.4 is 10.9 Å². The van der Waals surface area contributed by atoms with Gasteiger partial charge in [-0.15, -0.1) is 0 Å². The number of fused-ring (bicyclic) bond motifs is 1. The molecule has 0 aliphatic heterocycles. The Hall–Kier alpha value is -2.60. The number of hydrogen-bond acceptors (Lipinski definition) is 4. The zero-order valence-corrected chi connectivity index (χ0v) is 18.3. The fraction of sp³-hybridized carbons (Fsp3) is 0.348. The first-order valence-corrected chi connectivity index (χ1v) is 10.8. The summed E-state index contributed by atoms with van der Waals surface area (Å²) in [6.07, 6.45) is 0. The highest BCUT2D eigenvalue weighted by molar-refractivity contribution is 7.99. The Labute approximate surface area is 175 Å². The van der Waals surface area contributed by atoms with Crippen LogP contribution in [0.15, 0.2) is 52.4 Å². The molecule has 1 heterocycles. The number of carbonyl (C=O) groups is 1. The van der Waals surface area contributed by atoms with Crippen LogP contribution in [0, 0.1) is 0 Å². The van der Waals surface area contributed by atoms with Crippen molar-refractivity contribution >= 4 is 34.3 Å². The molecular formula is C23H27N3O2S. The standard InChI is InChI=1S/C23H27N3O2S/c1-14(2)16-10-8-11-17(15(3)4)21(16)25-20(27)13-29-23-24-19-12-7-6-9-18(19)22(28)26(23)5/h6-12,14-15H,13H2,1-5H3,(H,25,27). The zero-order valence-electron chi connectivity index (χ0n) is 17.5. The SMILES string of the molecule is CC(C)c1cccc(C(C)C)c1NC(=O)CSc1nc2ccccc2c(=O)n1C. The summed E-state index contributed by atoms with van der Waals surface area (Å²) >= 11 is 1.27. The van der Waals surface area contributed by atoms with Gasteiger partial charge in [-0.05, 0) is 35.1 Å². The first kappa shape index (κ1) is 21.1. The lowest BCUT2D eigenvalue weighted by Crippen LogP contribution is -2.22. The van der Waals surface area contributed by atoms with Crippen LogP contribution in [-0.2, 0) is 11.8 Å². The molecule has 0 spiro atoms. The topological polar surface area (TPSA) is 64.0 Å². The Morgan fingerprint density at radius 2 is 1.66 bits per heavy atom. The maximum absolute atomic E-state index is 12.7. The minimum Gasteiger partial charge on any atom is -0.325 e. The van der Waals surface area contributed by atoms with E-state index in [-0.39, 0.29) is 17.2 Å². The lowest BCUT2D eigenvalue weighted by molar-refractivity contribution is -0.113. The molecule has 0 unspecified atom stereocenters. The summed E-state index contributed by atoms with van der Waals surface area (Å²) in [7, 11) is 1.69. The summed E-state index contributed by atoms with van der Waals surface area (Å²) in [5.74, 6) is 0.689. The Morgan fingerprint density at radius 1 is 1.03 bits per heavy atom. The maximum atomic E-state index is 12.7. The molecule has 0 radical (unpaired) electrons. The lowest BCUT2D eigenvalue weighted by Gasteiger charge is -2.20. The third-order valence-corrected chi connectivity index (χ3v) is 5.94. The van der Waals surface area contributed by atoms with Gasteiger partial charge in [-0.2, -0.15) is 0 Å². The van der Waals surface area contributed by atoms with Gasteiger partial charge in [0.2, 0.25) is 5.91 Å². The molecule has 3 aromatic rings. The number of benzene rings is 2. The van der Waals surface area contributed by atoms with Crippen LogP contribution in [0.2, 0.25) is 0 Å². The van der Waals surface area contributed by atoms with Crippen molar-refractivity contribution < 1.29 is 4.79 Å². The van der Waals surface area contributed by atoms with E-state index in [0.717, 1.165) is 16.8 Å². The van der Waals surface area contributed by atoms with Gasteiger partial charge < -0.3 is 5.32 Å². The highest BCUT2D eigenvalue weighted by Gasteiger charge is 2.17. The molecule has 1 N–H and O–H groups in total. The molecule has 2 aromatic carbocycles. The molecule has 0 aliphatic carbocycles. The van der Waals surface area contributed by atoms with Crippen LogP contribution >= 0.6 is 11.8 Å². The Balaban J connectivity index is 1.82. The first-order valence-electron chi connectivity index (χ1n) is 9.80.